The maximum atomic E-state index is 12.4. The number of nitrogens with one attached hydrogen (secondary N) is 1. The molecule has 0 radical (unpaired) electrons. The van der Waals surface area contributed by atoms with Gasteiger partial charge in [-0.3, -0.25) is 18.5 Å². The number of rotatable bonds is 5. The Balaban J connectivity index is 1.82. The molecule has 0 aliphatic rings. The molecule has 0 saturated heterocycles. The van der Waals surface area contributed by atoms with Crippen molar-refractivity contribution in [3.63, 3.8) is 0 Å². The summed E-state index contributed by atoms with van der Waals surface area (Å²) < 4.78 is 9.45. The van der Waals surface area contributed by atoms with Crippen LogP contribution in [0.4, 0.5) is 0 Å². The monoisotopic (exact) mass is 399 g/mol. The molecule has 10 nitrogen and oxygen atoms in total. The molecule has 0 aliphatic carbocycles. The second kappa shape index (κ2) is 7.09. The molecule has 0 saturated carbocycles. The van der Waals surface area contributed by atoms with Crippen LogP contribution in [0.15, 0.2) is 50.2 Å². The topological polar surface area (TPSA) is 113 Å². The third-order valence-corrected chi connectivity index (χ3v) is 5.08. The zero-order chi connectivity index (χ0) is 19.8. The molecule has 0 amide bonds. The van der Waals surface area contributed by atoms with E-state index in [9.17, 15) is 9.59 Å². The summed E-state index contributed by atoms with van der Waals surface area (Å²) in [7, 11) is 4.59. The number of aromatic amines is 1. The molecule has 1 aromatic carbocycles. The number of aromatic nitrogens is 7. The molecule has 0 atom stereocenters. The highest BCUT2D eigenvalue weighted by Gasteiger charge is 2.19. The quantitative estimate of drug-likeness (QED) is 0.529. The highest BCUT2D eigenvalue weighted by molar-refractivity contribution is 7.99. The van der Waals surface area contributed by atoms with E-state index in [1.807, 2.05) is 34.9 Å². The number of para-hydroxylation sites is 1. The van der Waals surface area contributed by atoms with Crippen molar-refractivity contribution in [2.45, 2.75) is 16.9 Å². The number of methoxy groups -OCH3 is 1. The lowest BCUT2D eigenvalue weighted by Crippen LogP contribution is -2.36. The molecule has 0 spiro atoms. The van der Waals surface area contributed by atoms with Crippen LogP contribution in [0.5, 0.6) is 0 Å². The van der Waals surface area contributed by atoms with Crippen LogP contribution in [0.25, 0.3) is 16.9 Å². The molecule has 4 aromatic rings. The van der Waals surface area contributed by atoms with E-state index < -0.39 is 11.2 Å². The van der Waals surface area contributed by atoms with E-state index in [4.69, 9.17) is 4.74 Å². The summed E-state index contributed by atoms with van der Waals surface area (Å²) >= 11 is 1.21. The lowest BCUT2D eigenvalue weighted by atomic mass is 10.3. The Kier molecular flexibility index (Phi) is 4.61. The first-order valence-electron chi connectivity index (χ1n) is 8.33. The molecule has 0 fully saturated rings. The molecule has 0 bridgehead atoms. The van der Waals surface area contributed by atoms with E-state index in [0.717, 1.165) is 10.3 Å². The summed E-state index contributed by atoms with van der Waals surface area (Å²) in [4.78, 5) is 31.9. The number of imidazole rings is 1. The van der Waals surface area contributed by atoms with Crippen LogP contribution in [0, 0.1) is 0 Å². The number of hydrogen-bond acceptors (Lipinski definition) is 7. The van der Waals surface area contributed by atoms with Crippen LogP contribution in [0.3, 0.4) is 0 Å². The number of nitrogens with zero attached hydrogens (tertiary/aromatic N) is 6. The predicted octanol–water partition coefficient (Wildman–Crippen LogP) is 0.839. The molecule has 1 N–H and O–H groups in total. The van der Waals surface area contributed by atoms with Crippen LogP contribution < -0.4 is 11.2 Å². The summed E-state index contributed by atoms with van der Waals surface area (Å²) in [6.07, 6.45) is 0. The van der Waals surface area contributed by atoms with Crippen molar-refractivity contribution in [2.24, 2.45) is 14.1 Å². The maximum Gasteiger partial charge on any atom is 0.332 e. The molecule has 11 heteroatoms. The largest absolute Gasteiger partial charge is 0.377 e. The van der Waals surface area contributed by atoms with Gasteiger partial charge < -0.3 is 9.72 Å². The van der Waals surface area contributed by atoms with Gasteiger partial charge in [0, 0.05) is 26.9 Å². The maximum absolute atomic E-state index is 12.4. The average molecular weight is 399 g/mol. The molecule has 4 rings (SSSR count). The summed E-state index contributed by atoms with van der Waals surface area (Å²) in [5, 5.41) is 9.43. The number of H-pyrrole nitrogens is 1. The summed E-state index contributed by atoms with van der Waals surface area (Å²) in [5.74, 6) is 0.635. The van der Waals surface area contributed by atoms with Gasteiger partial charge in [-0.15, -0.1) is 10.2 Å². The Morgan fingerprint density at radius 3 is 2.57 bits per heavy atom. The standard InChI is InChI=1S/C17H17N7O3S/c1-22-13-12(14(25)23(2)17(22)26)18-15(19-13)28-16-21-20-11(9-27-3)24(16)10-7-5-4-6-8-10/h4-8H,9H2,1-3H3,(H,18,19). The molecule has 0 unspecified atom stereocenters. The smallest absolute Gasteiger partial charge is 0.332 e. The highest BCUT2D eigenvalue weighted by atomic mass is 32.2. The van der Waals surface area contributed by atoms with Crippen molar-refractivity contribution in [1.82, 2.24) is 33.9 Å². The Labute approximate surface area is 162 Å². The van der Waals surface area contributed by atoms with Gasteiger partial charge in [-0.2, -0.15) is 0 Å². The van der Waals surface area contributed by atoms with E-state index in [-0.39, 0.29) is 12.1 Å². The minimum Gasteiger partial charge on any atom is -0.377 e. The first kappa shape index (κ1) is 18.2. The number of aryl methyl sites for hydroxylation is 1. The highest BCUT2D eigenvalue weighted by Crippen LogP contribution is 2.28. The fourth-order valence-corrected chi connectivity index (χ4v) is 3.71. The van der Waals surface area contributed by atoms with Crippen molar-refractivity contribution in [1.29, 1.82) is 0 Å². The zero-order valence-electron chi connectivity index (χ0n) is 15.4. The van der Waals surface area contributed by atoms with Crippen LogP contribution in [0.1, 0.15) is 5.82 Å². The molecule has 3 aromatic heterocycles. The second-order valence-corrected chi connectivity index (χ2v) is 7.01. The lowest BCUT2D eigenvalue weighted by molar-refractivity contribution is 0.176. The summed E-state index contributed by atoms with van der Waals surface area (Å²) in [6, 6.07) is 9.63. The molecule has 28 heavy (non-hydrogen) atoms. The Morgan fingerprint density at radius 2 is 1.86 bits per heavy atom. The second-order valence-electron chi connectivity index (χ2n) is 6.05. The van der Waals surface area contributed by atoms with Gasteiger partial charge in [0.2, 0.25) is 5.16 Å². The Bertz CT molecular complexity index is 1270. The van der Waals surface area contributed by atoms with E-state index in [1.54, 1.807) is 14.2 Å². The summed E-state index contributed by atoms with van der Waals surface area (Å²) in [6.45, 7) is 0.289. The van der Waals surface area contributed by atoms with Crippen molar-refractivity contribution in [2.75, 3.05) is 7.11 Å². The summed E-state index contributed by atoms with van der Waals surface area (Å²) in [5.41, 5.74) is 0.562. The van der Waals surface area contributed by atoms with E-state index in [0.29, 0.717) is 21.8 Å². The average Bonchev–Trinajstić information content (AvgIpc) is 3.30. The predicted molar refractivity (Wildman–Crippen MR) is 103 cm³/mol. The SMILES string of the molecule is COCc1nnc(Sc2nc3c([nH]2)c(=O)n(C)c(=O)n3C)n1-c1ccccc1. The Hall–Kier alpha value is -3.18. The van der Waals surface area contributed by atoms with Gasteiger partial charge in [-0.25, -0.2) is 9.78 Å². The minimum absolute atomic E-state index is 0.259. The van der Waals surface area contributed by atoms with Crippen LogP contribution in [-0.4, -0.2) is 41.0 Å². The van der Waals surface area contributed by atoms with Crippen molar-refractivity contribution < 1.29 is 4.74 Å². The van der Waals surface area contributed by atoms with E-state index in [1.165, 1.54) is 23.4 Å². The third-order valence-electron chi connectivity index (χ3n) is 4.25. The fraction of sp³-hybridized carbons (Fsp3) is 0.235. The molecule has 0 aliphatic heterocycles. The Morgan fingerprint density at radius 1 is 1.11 bits per heavy atom. The number of ether oxygens (including phenoxy) is 1. The number of hydrogen-bond donors (Lipinski definition) is 1. The molecular formula is C17H17N7O3S. The van der Waals surface area contributed by atoms with Crippen LogP contribution >= 0.6 is 11.8 Å². The molecule has 144 valence electrons. The van der Waals surface area contributed by atoms with Crippen molar-refractivity contribution >= 4 is 22.9 Å². The van der Waals surface area contributed by atoms with Crippen LogP contribution in [-0.2, 0) is 25.4 Å². The van der Waals surface area contributed by atoms with Crippen LogP contribution in [0.2, 0.25) is 0 Å². The van der Waals surface area contributed by atoms with E-state index in [2.05, 4.69) is 20.2 Å². The molecule has 3 heterocycles. The number of fused-ring (bicyclic) bond motifs is 1. The first-order valence-corrected chi connectivity index (χ1v) is 9.15. The zero-order valence-corrected chi connectivity index (χ0v) is 16.2. The van der Waals surface area contributed by atoms with Gasteiger partial charge in [0.25, 0.3) is 5.56 Å². The third kappa shape index (κ3) is 2.94. The first-order chi connectivity index (χ1) is 13.5. The van der Waals surface area contributed by atoms with Gasteiger partial charge >= 0.3 is 5.69 Å². The molecular weight excluding hydrogens is 382 g/mol. The van der Waals surface area contributed by atoms with E-state index >= 15 is 0 Å². The normalized spacial score (nSPS) is 11.4. The van der Waals surface area contributed by atoms with Gasteiger partial charge in [-0.1, -0.05) is 18.2 Å². The van der Waals surface area contributed by atoms with Gasteiger partial charge in [0.1, 0.15) is 6.61 Å². The van der Waals surface area contributed by atoms with Crippen molar-refractivity contribution in [3.8, 4) is 5.69 Å². The fourth-order valence-electron chi connectivity index (χ4n) is 2.87. The lowest BCUT2D eigenvalue weighted by Gasteiger charge is -2.08. The number of benzene rings is 1. The van der Waals surface area contributed by atoms with Crippen molar-refractivity contribution in [3.05, 3.63) is 57.0 Å². The van der Waals surface area contributed by atoms with Gasteiger partial charge in [-0.05, 0) is 23.9 Å². The van der Waals surface area contributed by atoms with Gasteiger partial charge in [0.15, 0.2) is 22.1 Å². The minimum atomic E-state index is -0.435. The van der Waals surface area contributed by atoms with Gasteiger partial charge in [0.05, 0.1) is 0 Å².